The number of benzene rings is 1. The van der Waals surface area contributed by atoms with Gasteiger partial charge in [0.1, 0.15) is 11.3 Å². The van der Waals surface area contributed by atoms with E-state index >= 15 is 0 Å². The molecule has 1 aromatic rings. The molecule has 0 saturated carbocycles. The molecule has 0 aliphatic carbocycles. The fourth-order valence-corrected chi connectivity index (χ4v) is 1.09. The average Bonchev–Trinajstić information content (AvgIpc) is 2.02. The van der Waals surface area contributed by atoms with Crippen molar-refractivity contribution in [3.63, 3.8) is 0 Å². The Kier molecular flexibility index (Phi) is 2.42. The number of carbonyl (C=O) groups is 2. The minimum Gasteiger partial charge on any atom is -0.507 e. The van der Waals surface area contributed by atoms with Gasteiger partial charge in [-0.15, -0.1) is 0 Å². The van der Waals surface area contributed by atoms with E-state index in [4.69, 9.17) is 10.2 Å². The number of carboxylic acids is 2. The molecule has 1 aromatic carbocycles. The van der Waals surface area contributed by atoms with Crippen LogP contribution in [0.25, 0.3) is 0 Å². The summed E-state index contributed by atoms with van der Waals surface area (Å²) in [4.78, 5) is 21.2. The topological polar surface area (TPSA) is 94.8 Å². The largest absolute Gasteiger partial charge is 0.507 e. The molecule has 0 radical (unpaired) electrons. The zero-order valence-electron chi connectivity index (χ0n) is 7.31. The first-order chi connectivity index (χ1) is 6.43. The molecule has 0 unspecified atom stereocenters. The van der Waals surface area contributed by atoms with E-state index in [0.29, 0.717) is 5.56 Å². The van der Waals surface area contributed by atoms with Crippen LogP contribution in [-0.2, 0) is 0 Å². The van der Waals surface area contributed by atoms with Gasteiger partial charge in [-0.05, 0) is 24.6 Å². The third-order valence-electron chi connectivity index (χ3n) is 1.80. The first-order valence-electron chi connectivity index (χ1n) is 3.73. The van der Waals surface area contributed by atoms with Gasteiger partial charge in [-0.2, -0.15) is 0 Å². The number of carboxylic acid groups (broad SMARTS) is 2. The highest BCUT2D eigenvalue weighted by Crippen LogP contribution is 2.22. The number of rotatable bonds is 2. The van der Waals surface area contributed by atoms with Crippen LogP contribution >= 0.6 is 0 Å². The van der Waals surface area contributed by atoms with Crippen LogP contribution in [0.3, 0.4) is 0 Å². The van der Waals surface area contributed by atoms with Gasteiger partial charge >= 0.3 is 11.9 Å². The Bertz CT molecular complexity index is 373. The maximum atomic E-state index is 10.6. The first kappa shape index (κ1) is 10.0. The predicted molar refractivity (Wildman–Crippen MR) is 46.8 cm³/mol. The van der Waals surface area contributed by atoms with E-state index < -0.39 is 23.3 Å². The molecule has 0 bridgehead atoms. The second-order valence-corrected chi connectivity index (χ2v) is 2.79. The molecule has 0 aliphatic rings. The van der Waals surface area contributed by atoms with Crippen molar-refractivity contribution >= 4 is 11.9 Å². The summed E-state index contributed by atoms with van der Waals surface area (Å²) in [5.41, 5.74) is -0.215. The van der Waals surface area contributed by atoms with Crippen LogP contribution in [0.4, 0.5) is 0 Å². The quantitative estimate of drug-likeness (QED) is 0.658. The standard InChI is InChI=1S/C9H8O5/c1-4-2-7(10)6(9(13)14)3-5(4)8(11)12/h2-3,10H,1H3,(H,11,12)(H,13,14). The van der Waals surface area contributed by atoms with E-state index in [2.05, 4.69) is 0 Å². The molecule has 0 amide bonds. The lowest BCUT2D eigenvalue weighted by Gasteiger charge is -2.04. The van der Waals surface area contributed by atoms with Crippen LogP contribution < -0.4 is 0 Å². The highest BCUT2D eigenvalue weighted by molar-refractivity contribution is 5.96. The summed E-state index contributed by atoms with van der Waals surface area (Å²) < 4.78 is 0. The lowest BCUT2D eigenvalue weighted by Crippen LogP contribution is -2.04. The Hall–Kier alpha value is -2.04. The fourth-order valence-electron chi connectivity index (χ4n) is 1.09. The van der Waals surface area contributed by atoms with Crippen molar-refractivity contribution in [3.05, 3.63) is 28.8 Å². The molecular formula is C9H8O5. The van der Waals surface area contributed by atoms with E-state index in [1.165, 1.54) is 6.92 Å². The fraction of sp³-hybridized carbons (Fsp3) is 0.111. The molecule has 3 N–H and O–H groups in total. The maximum absolute atomic E-state index is 10.6. The van der Waals surface area contributed by atoms with Gasteiger partial charge in [0.05, 0.1) is 5.56 Å². The van der Waals surface area contributed by atoms with Crippen LogP contribution in [0, 0.1) is 6.92 Å². The summed E-state index contributed by atoms with van der Waals surface area (Å²) in [7, 11) is 0. The predicted octanol–water partition coefficient (Wildman–Crippen LogP) is 1.10. The third-order valence-corrected chi connectivity index (χ3v) is 1.80. The lowest BCUT2D eigenvalue weighted by atomic mass is 10.0. The van der Waals surface area contributed by atoms with Crippen molar-refractivity contribution in [2.75, 3.05) is 0 Å². The van der Waals surface area contributed by atoms with Crippen molar-refractivity contribution < 1.29 is 24.9 Å². The van der Waals surface area contributed by atoms with Crippen LogP contribution in [-0.4, -0.2) is 27.3 Å². The summed E-state index contributed by atoms with van der Waals surface area (Å²) in [6, 6.07) is 2.06. The summed E-state index contributed by atoms with van der Waals surface area (Å²) >= 11 is 0. The monoisotopic (exact) mass is 196 g/mol. The number of phenols is 1. The van der Waals surface area contributed by atoms with Crippen molar-refractivity contribution in [3.8, 4) is 5.75 Å². The summed E-state index contributed by atoms with van der Waals surface area (Å²) in [5, 5.41) is 26.5. The molecule has 0 heterocycles. The van der Waals surface area contributed by atoms with Crippen LogP contribution in [0.15, 0.2) is 12.1 Å². The highest BCUT2D eigenvalue weighted by Gasteiger charge is 2.15. The van der Waals surface area contributed by atoms with Crippen molar-refractivity contribution in [2.24, 2.45) is 0 Å². The van der Waals surface area contributed by atoms with Crippen molar-refractivity contribution in [1.29, 1.82) is 0 Å². The Morgan fingerprint density at radius 1 is 1.07 bits per heavy atom. The SMILES string of the molecule is Cc1cc(O)c(C(=O)O)cc1C(=O)O. The molecule has 74 valence electrons. The van der Waals surface area contributed by atoms with Gasteiger partial charge in [0, 0.05) is 0 Å². The number of aromatic hydroxyl groups is 1. The van der Waals surface area contributed by atoms with Gasteiger partial charge in [-0.1, -0.05) is 0 Å². The third kappa shape index (κ3) is 1.66. The molecule has 14 heavy (non-hydrogen) atoms. The minimum absolute atomic E-state index is 0.125. The second kappa shape index (κ2) is 3.37. The Morgan fingerprint density at radius 3 is 2.00 bits per heavy atom. The normalized spacial score (nSPS) is 9.79. The second-order valence-electron chi connectivity index (χ2n) is 2.79. The number of aromatic carboxylic acids is 2. The smallest absolute Gasteiger partial charge is 0.339 e. The summed E-state index contributed by atoms with van der Waals surface area (Å²) in [5.74, 6) is -3.00. The minimum atomic E-state index is -1.36. The van der Waals surface area contributed by atoms with Crippen molar-refractivity contribution in [2.45, 2.75) is 6.92 Å². The zero-order chi connectivity index (χ0) is 10.9. The molecule has 5 nitrogen and oxygen atoms in total. The van der Waals surface area contributed by atoms with E-state index in [1.807, 2.05) is 0 Å². The van der Waals surface area contributed by atoms with E-state index in [0.717, 1.165) is 12.1 Å². The molecular weight excluding hydrogens is 188 g/mol. The van der Waals surface area contributed by atoms with Crippen molar-refractivity contribution in [1.82, 2.24) is 0 Å². The number of hydrogen-bond acceptors (Lipinski definition) is 3. The van der Waals surface area contributed by atoms with Crippen LogP contribution in [0.2, 0.25) is 0 Å². The Labute approximate surface area is 79.2 Å². The van der Waals surface area contributed by atoms with Gasteiger partial charge < -0.3 is 15.3 Å². The van der Waals surface area contributed by atoms with E-state index in [1.54, 1.807) is 0 Å². The Morgan fingerprint density at radius 2 is 1.57 bits per heavy atom. The summed E-state index contributed by atoms with van der Waals surface area (Å²) in [6.45, 7) is 1.48. The molecule has 0 aliphatic heterocycles. The van der Waals surface area contributed by atoms with E-state index in [-0.39, 0.29) is 5.56 Å². The zero-order valence-corrected chi connectivity index (χ0v) is 7.31. The molecule has 0 saturated heterocycles. The average molecular weight is 196 g/mol. The summed E-state index contributed by atoms with van der Waals surface area (Å²) in [6.07, 6.45) is 0. The molecule has 0 atom stereocenters. The van der Waals surface area contributed by atoms with E-state index in [9.17, 15) is 14.7 Å². The van der Waals surface area contributed by atoms with Gasteiger partial charge in [-0.3, -0.25) is 0 Å². The van der Waals surface area contributed by atoms with Gasteiger partial charge in [0.25, 0.3) is 0 Å². The van der Waals surface area contributed by atoms with Gasteiger partial charge in [-0.25, -0.2) is 9.59 Å². The highest BCUT2D eigenvalue weighted by atomic mass is 16.4. The van der Waals surface area contributed by atoms with Gasteiger partial charge in [0.2, 0.25) is 0 Å². The Balaban J connectivity index is 3.42. The van der Waals surface area contributed by atoms with Crippen LogP contribution in [0.5, 0.6) is 5.75 Å². The molecule has 5 heteroatoms. The number of aryl methyl sites for hydroxylation is 1. The first-order valence-corrected chi connectivity index (χ1v) is 3.73. The molecule has 0 aromatic heterocycles. The lowest BCUT2D eigenvalue weighted by molar-refractivity contribution is 0.0693. The molecule has 0 spiro atoms. The molecule has 1 rings (SSSR count). The number of hydrogen-bond donors (Lipinski definition) is 3. The van der Waals surface area contributed by atoms with Crippen LogP contribution in [0.1, 0.15) is 26.3 Å². The maximum Gasteiger partial charge on any atom is 0.339 e. The van der Waals surface area contributed by atoms with Gasteiger partial charge in [0.15, 0.2) is 0 Å². The molecule has 0 fully saturated rings.